The highest BCUT2D eigenvalue weighted by Crippen LogP contribution is 2.20. The molecule has 20 heavy (non-hydrogen) atoms. The standard InChI is InChI=1S/C15H14N4O/c16-10-13(12-4-2-1-3-5-12)15(20)19-9-8-18-7-6-17-14(18)11-19/h1-7,13H,8-9,11H2. The quantitative estimate of drug-likeness (QED) is 0.828. The third-order valence-corrected chi connectivity index (χ3v) is 3.57. The number of carbonyl (C=O) groups excluding carboxylic acids is 1. The predicted octanol–water partition coefficient (Wildman–Crippen LogP) is 1.53. The fourth-order valence-electron chi connectivity index (χ4n) is 2.46. The van der Waals surface area contributed by atoms with Gasteiger partial charge in [-0.25, -0.2) is 4.98 Å². The van der Waals surface area contributed by atoms with Gasteiger partial charge in [0.1, 0.15) is 11.7 Å². The summed E-state index contributed by atoms with van der Waals surface area (Å²) in [4.78, 5) is 18.5. The van der Waals surface area contributed by atoms with E-state index in [9.17, 15) is 10.1 Å². The lowest BCUT2D eigenvalue weighted by Gasteiger charge is -2.29. The van der Waals surface area contributed by atoms with E-state index in [0.717, 1.165) is 17.9 Å². The van der Waals surface area contributed by atoms with E-state index in [1.807, 2.05) is 41.1 Å². The third-order valence-electron chi connectivity index (χ3n) is 3.57. The van der Waals surface area contributed by atoms with Gasteiger partial charge in [0.05, 0.1) is 12.6 Å². The van der Waals surface area contributed by atoms with Crippen LogP contribution in [-0.4, -0.2) is 26.9 Å². The first kappa shape index (κ1) is 12.4. The number of hydrogen-bond donors (Lipinski definition) is 0. The van der Waals surface area contributed by atoms with Gasteiger partial charge in [0.2, 0.25) is 5.91 Å². The number of amides is 1. The summed E-state index contributed by atoms with van der Waals surface area (Å²) in [5, 5.41) is 9.32. The van der Waals surface area contributed by atoms with Crippen molar-refractivity contribution in [3.05, 3.63) is 54.1 Å². The second-order valence-electron chi connectivity index (χ2n) is 4.77. The molecule has 1 aromatic heterocycles. The molecule has 2 heterocycles. The Morgan fingerprint density at radius 3 is 2.85 bits per heavy atom. The normalized spacial score (nSPS) is 15.2. The number of imidazole rings is 1. The summed E-state index contributed by atoms with van der Waals surface area (Å²) in [5.74, 6) is -0.0139. The van der Waals surface area contributed by atoms with Gasteiger partial charge in [0.15, 0.2) is 0 Å². The molecule has 0 aliphatic carbocycles. The van der Waals surface area contributed by atoms with E-state index in [0.29, 0.717) is 13.1 Å². The van der Waals surface area contributed by atoms with Crippen LogP contribution >= 0.6 is 0 Å². The molecule has 1 amide bonds. The number of carbonyl (C=O) groups is 1. The van der Waals surface area contributed by atoms with E-state index in [2.05, 4.69) is 11.1 Å². The monoisotopic (exact) mass is 266 g/mol. The third kappa shape index (κ3) is 2.16. The Morgan fingerprint density at radius 2 is 2.10 bits per heavy atom. The van der Waals surface area contributed by atoms with Crippen LogP contribution in [0.3, 0.4) is 0 Å². The molecular weight excluding hydrogens is 252 g/mol. The van der Waals surface area contributed by atoms with Crippen molar-refractivity contribution in [2.45, 2.75) is 19.0 Å². The average molecular weight is 266 g/mol. The maximum Gasteiger partial charge on any atom is 0.244 e. The van der Waals surface area contributed by atoms with Crippen molar-refractivity contribution in [2.75, 3.05) is 6.54 Å². The van der Waals surface area contributed by atoms with E-state index in [4.69, 9.17) is 0 Å². The highest BCUT2D eigenvalue weighted by atomic mass is 16.2. The second kappa shape index (κ2) is 5.17. The molecule has 0 saturated heterocycles. The molecule has 0 bridgehead atoms. The zero-order chi connectivity index (χ0) is 13.9. The van der Waals surface area contributed by atoms with Crippen LogP contribution in [0, 0.1) is 11.3 Å². The molecule has 100 valence electrons. The molecule has 1 aromatic carbocycles. The van der Waals surface area contributed by atoms with Crippen molar-refractivity contribution in [1.29, 1.82) is 5.26 Å². The molecule has 0 radical (unpaired) electrons. The average Bonchev–Trinajstić information content (AvgIpc) is 2.96. The van der Waals surface area contributed by atoms with E-state index in [-0.39, 0.29) is 5.91 Å². The van der Waals surface area contributed by atoms with Crippen molar-refractivity contribution in [3.8, 4) is 6.07 Å². The van der Waals surface area contributed by atoms with Crippen LogP contribution in [0.2, 0.25) is 0 Å². The maximum atomic E-state index is 12.5. The highest BCUT2D eigenvalue weighted by Gasteiger charge is 2.28. The van der Waals surface area contributed by atoms with Crippen LogP contribution in [0.1, 0.15) is 17.3 Å². The molecule has 1 unspecified atom stereocenters. The second-order valence-corrected chi connectivity index (χ2v) is 4.77. The minimum absolute atomic E-state index is 0.145. The van der Waals surface area contributed by atoms with Gasteiger partial charge in [-0.1, -0.05) is 30.3 Å². The number of rotatable bonds is 2. The van der Waals surface area contributed by atoms with Crippen molar-refractivity contribution in [3.63, 3.8) is 0 Å². The maximum absolute atomic E-state index is 12.5. The van der Waals surface area contributed by atoms with Crippen LogP contribution in [0.25, 0.3) is 0 Å². The van der Waals surface area contributed by atoms with Gasteiger partial charge < -0.3 is 9.47 Å². The Bertz CT molecular complexity index is 656. The number of benzene rings is 1. The lowest BCUT2D eigenvalue weighted by atomic mass is 9.99. The van der Waals surface area contributed by atoms with Gasteiger partial charge in [0, 0.05) is 25.5 Å². The topological polar surface area (TPSA) is 61.9 Å². The number of hydrogen-bond acceptors (Lipinski definition) is 3. The summed E-state index contributed by atoms with van der Waals surface area (Å²) in [6.07, 6.45) is 3.65. The van der Waals surface area contributed by atoms with Gasteiger partial charge in [-0.3, -0.25) is 4.79 Å². The predicted molar refractivity (Wildman–Crippen MR) is 72.4 cm³/mol. The van der Waals surface area contributed by atoms with Crippen LogP contribution in [-0.2, 0) is 17.9 Å². The Balaban J connectivity index is 1.81. The van der Waals surface area contributed by atoms with Gasteiger partial charge in [-0.15, -0.1) is 0 Å². The van der Waals surface area contributed by atoms with E-state index in [1.54, 1.807) is 11.1 Å². The smallest absolute Gasteiger partial charge is 0.244 e. The Hall–Kier alpha value is -2.61. The number of fused-ring (bicyclic) bond motifs is 1. The summed E-state index contributed by atoms with van der Waals surface area (Å²) >= 11 is 0. The number of aromatic nitrogens is 2. The van der Waals surface area contributed by atoms with Crippen molar-refractivity contribution in [2.24, 2.45) is 0 Å². The Kier molecular flexibility index (Phi) is 3.21. The van der Waals surface area contributed by atoms with Gasteiger partial charge in [0.25, 0.3) is 0 Å². The van der Waals surface area contributed by atoms with Crippen molar-refractivity contribution < 1.29 is 4.79 Å². The minimum Gasteiger partial charge on any atom is -0.332 e. The van der Waals surface area contributed by atoms with E-state index >= 15 is 0 Å². The minimum atomic E-state index is -0.738. The van der Waals surface area contributed by atoms with Gasteiger partial charge in [-0.2, -0.15) is 5.26 Å². The van der Waals surface area contributed by atoms with Gasteiger partial charge >= 0.3 is 0 Å². The zero-order valence-electron chi connectivity index (χ0n) is 10.9. The summed E-state index contributed by atoms with van der Waals surface area (Å²) < 4.78 is 2.04. The summed E-state index contributed by atoms with van der Waals surface area (Å²) in [6.45, 7) is 1.82. The Morgan fingerprint density at radius 1 is 1.30 bits per heavy atom. The first-order chi connectivity index (χ1) is 9.79. The fraction of sp³-hybridized carbons (Fsp3) is 0.267. The molecule has 0 N–H and O–H groups in total. The molecule has 0 saturated carbocycles. The lowest BCUT2D eigenvalue weighted by Crippen LogP contribution is -2.40. The van der Waals surface area contributed by atoms with Crippen LogP contribution in [0.15, 0.2) is 42.7 Å². The number of nitrogens with zero attached hydrogens (tertiary/aromatic N) is 4. The Labute approximate surface area is 117 Å². The van der Waals surface area contributed by atoms with Crippen LogP contribution < -0.4 is 0 Å². The van der Waals surface area contributed by atoms with Crippen LogP contribution in [0.4, 0.5) is 0 Å². The van der Waals surface area contributed by atoms with E-state index in [1.165, 1.54) is 0 Å². The van der Waals surface area contributed by atoms with Gasteiger partial charge in [-0.05, 0) is 5.56 Å². The molecule has 2 aromatic rings. The molecule has 1 aliphatic heterocycles. The van der Waals surface area contributed by atoms with E-state index < -0.39 is 5.92 Å². The lowest BCUT2D eigenvalue weighted by molar-refractivity contribution is -0.133. The summed E-state index contributed by atoms with van der Waals surface area (Å²) in [5.41, 5.74) is 0.744. The van der Waals surface area contributed by atoms with Crippen molar-refractivity contribution >= 4 is 5.91 Å². The molecule has 5 heteroatoms. The molecule has 1 aliphatic rings. The first-order valence-electron chi connectivity index (χ1n) is 6.53. The fourth-order valence-corrected chi connectivity index (χ4v) is 2.46. The molecule has 1 atom stereocenters. The molecule has 0 spiro atoms. The molecular formula is C15H14N4O. The van der Waals surface area contributed by atoms with Crippen molar-refractivity contribution in [1.82, 2.24) is 14.5 Å². The van der Waals surface area contributed by atoms with Crippen LogP contribution in [0.5, 0.6) is 0 Å². The molecule has 0 fully saturated rings. The summed E-state index contributed by atoms with van der Waals surface area (Å²) in [6, 6.07) is 11.3. The number of nitriles is 1. The zero-order valence-corrected chi connectivity index (χ0v) is 10.9. The largest absolute Gasteiger partial charge is 0.332 e. The first-order valence-corrected chi connectivity index (χ1v) is 6.53. The highest BCUT2D eigenvalue weighted by molar-refractivity contribution is 5.86. The summed E-state index contributed by atoms with van der Waals surface area (Å²) in [7, 11) is 0. The molecule has 3 rings (SSSR count). The molecule has 5 nitrogen and oxygen atoms in total. The SMILES string of the molecule is N#CC(C(=O)N1CCn2ccnc2C1)c1ccccc1.